The highest BCUT2D eigenvalue weighted by molar-refractivity contribution is 5.75. The van der Waals surface area contributed by atoms with Crippen LogP contribution in [0.2, 0.25) is 0 Å². The number of rotatable bonds is 2. The molecule has 0 bridgehead atoms. The van der Waals surface area contributed by atoms with Crippen LogP contribution in [0, 0.1) is 0 Å². The van der Waals surface area contributed by atoms with Crippen molar-refractivity contribution in [3.05, 3.63) is 54.5 Å². The van der Waals surface area contributed by atoms with Crippen LogP contribution in [0.1, 0.15) is 5.56 Å². The van der Waals surface area contributed by atoms with Gasteiger partial charge in [-0.3, -0.25) is 0 Å². The first-order valence-electron chi connectivity index (χ1n) is 7.51. The summed E-state index contributed by atoms with van der Waals surface area (Å²) in [4.78, 5) is 8.87. The molecule has 0 radical (unpaired) electrons. The largest absolute Gasteiger partial charge is 0.436 e. The van der Waals surface area contributed by atoms with Crippen LogP contribution in [0.4, 0.5) is 5.82 Å². The van der Waals surface area contributed by atoms with Crippen LogP contribution in [0.25, 0.3) is 28.2 Å². The summed E-state index contributed by atoms with van der Waals surface area (Å²) in [6.45, 7) is 0.915. The van der Waals surface area contributed by atoms with E-state index in [2.05, 4.69) is 20.4 Å². The summed E-state index contributed by atoms with van der Waals surface area (Å²) in [5.41, 5.74) is 4.73. The molecule has 0 unspecified atom stereocenters. The minimum absolute atomic E-state index is 0.585. The van der Waals surface area contributed by atoms with Crippen molar-refractivity contribution in [3.8, 4) is 17.1 Å². The second kappa shape index (κ2) is 4.67. The lowest BCUT2D eigenvalue weighted by molar-refractivity contribution is 0.620. The molecular formula is C17H13N5O. The molecule has 1 aliphatic rings. The van der Waals surface area contributed by atoms with Gasteiger partial charge in [-0.25, -0.2) is 14.6 Å². The maximum absolute atomic E-state index is 5.81. The molecule has 0 saturated heterocycles. The van der Waals surface area contributed by atoms with Crippen LogP contribution in [-0.2, 0) is 6.42 Å². The average Bonchev–Trinajstić information content (AvgIpc) is 3.31. The van der Waals surface area contributed by atoms with E-state index in [1.807, 2.05) is 41.2 Å². The molecule has 112 valence electrons. The van der Waals surface area contributed by atoms with Crippen LogP contribution in [0.5, 0.6) is 0 Å². The average molecular weight is 303 g/mol. The molecule has 0 atom stereocenters. The van der Waals surface area contributed by atoms with Gasteiger partial charge in [-0.05, 0) is 24.6 Å². The van der Waals surface area contributed by atoms with Crippen molar-refractivity contribution < 1.29 is 4.42 Å². The Morgan fingerprint density at radius 3 is 3.09 bits per heavy atom. The summed E-state index contributed by atoms with van der Waals surface area (Å²) in [5.74, 6) is 1.53. The van der Waals surface area contributed by atoms with Crippen LogP contribution in [0.3, 0.4) is 0 Å². The molecular weight excluding hydrogens is 290 g/mol. The molecule has 0 amide bonds. The molecule has 3 aromatic heterocycles. The number of hydrogen-bond acceptors (Lipinski definition) is 5. The molecule has 0 saturated carbocycles. The van der Waals surface area contributed by atoms with Crippen molar-refractivity contribution in [1.82, 2.24) is 19.7 Å². The number of benzene rings is 1. The van der Waals surface area contributed by atoms with Crippen molar-refractivity contribution >= 4 is 16.9 Å². The molecule has 1 N–H and O–H groups in total. The highest BCUT2D eigenvalue weighted by Gasteiger charge is 2.18. The topological polar surface area (TPSA) is 68.8 Å². The predicted molar refractivity (Wildman–Crippen MR) is 86.6 cm³/mol. The Morgan fingerprint density at radius 1 is 1.17 bits per heavy atom. The third-order valence-corrected chi connectivity index (χ3v) is 4.07. The lowest BCUT2D eigenvalue weighted by atomic mass is 10.2. The zero-order valence-corrected chi connectivity index (χ0v) is 12.2. The van der Waals surface area contributed by atoms with E-state index >= 15 is 0 Å². The van der Waals surface area contributed by atoms with Crippen LogP contribution in [0.15, 0.2) is 53.3 Å². The summed E-state index contributed by atoms with van der Waals surface area (Å²) in [6.07, 6.45) is 6.47. The lowest BCUT2D eigenvalue weighted by Gasteiger charge is -2.06. The van der Waals surface area contributed by atoms with E-state index in [1.165, 1.54) is 5.56 Å². The van der Waals surface area contributed by atoms with Gasteiger partial charge in [0.05, 0.1) is 17.4 Å². The fourth-order valence-corrected chi connectivity index (χ4v) is 2.96. The smallest absolute Gasteiger partial charge is 0.230 e. The Labute approximate surface area is 131 Å². The maximum Gasteiger partial charge on any atom is 0.230 e. The van der Waals surface area contributed by atoms with Crippen molar-refractivity contribution in [2.45, 2.75) is 6.42 Å². The zero-order valence-electron chi connectivity index (χ0n) is 12.2. The molecule has 0 spiro atoms. The van der Waals surface area contributed by atoms with Gasteiger partial charge in [0.2, 0.25) is 5.89 Å². The third kappa shape index (κ3) is 1.92. The molecule has 6 heteroatoms. The van der Waals surface area contributed by atoms with E-state index in [0.717, 1.165) is 41.1 Å². The van der Waals surface area contributed by atoms with Gasteiger partial charge in [-0.15, -0.1) is 0 Å². The maximum atomic E-state index is 5.81. The summed E-state index contributed by atoms with van der Waals surface area (Å²) >= 11 is 0. The summed E-state index contributed by atoms with van der Waals surface area (Å²) in [5, 5.41) is 7.76. The van der Waals surface area contributed by atoms with Crippen molar-refractivity contribution in [1.29, 1.82) is 0 Å². The number of aromatic nitrogens is 4. The van der Waals surface area contributed by atoms with Crippen LogP contribution < -0.4 is 5.32 Å². The van der Waals surface area contributed by atoms with Gasteiger partial charge in [0.1, 0.15) is 11.3 Å². The highest BCUT2D eigenvalue weighted by Crippen LogP contribution is 2.28. The summed E-state index contributed by atoms with van der Waals surface area (Å²) in [6, 6.07) is 9.72. The highest BCUT2D eigenvalue weighted by atomic mass is 16.3. The normalized spacial score (nSPS) is 13.2. The Hall–Kier alpha value is -3.15. The molecule has 4 aromatic rings. The second-order valence-electron chi connectivity index (χ2n) is 5.49. The lowest BCUT2D eigenvalue weighted by Crippen LogP contribution is -1.99. The van der Waals surface area contributed by atoms with Gasteiger partial charge >= 0.3 is 0 Å². The molecule has 1 aliphatic heterocycles. The Kier molecular flexibility index (Phi) is 2.52. The monoisotopic (exact) mass is 303 g/mol. The number of nitrogens with one attached hydrogen (secondary N) is 1. The summed E-state index contributed by atoms with van der Waals surface area (Å²) < 4.78 is 7.67. The fraction of sp³-hybridized carbons (Fsp3) is 0.118. The number of fused-ring (bicyclic) bond motifs is 2. The molecule has 5 rings (SSSR count). The van der Waals surface area contributed by atoms with Crippen molar-refractivity contribution in [2.75, 3.05) is 11.9 Å². The first kappa shape index (κ1) is 12.4. The quantitative estimate of drug-likeness (QED) is 0.616. The molecule has 23 heavy (non-hydrogen) atoms. The zero-order chi connectivity index (χ0) is 15.2. The minimum Gasteiger partial charge on any atom is -0.436 e. The van der Waals surface area contributed by atoms with E-state index < -0.39 is 0 Å². The first-order chi connectivity index (χ1) is 11.4. The van der Waals surface area contributed by atoms with Gasteiger partial charge in [0.25, 0.3) is 0 Å². The molecule has 4 heterocycles. The molecule has 0 aliphatic carbocycles. The Balaban J connectivity index is 1.59. The van der Waals surface area contributed by atoms with Crippen molar-refractivity contribution in [3.63, 3.8) is 0 Å². The van der Waals surface area contributed by atoms with E-state index in [-0.39, 0.29) is 0 Å². The van der Waals surface area contributed by atoms with E-state index in [4.69, 9.17) is 4.42 Å². The fourth-order valence-electron chi connectivity index (χ4n) is 2.96. The standard InChI is InChI=1S/C17H13N5O/c1-2-4-15-13(3-1)21-17(23-15)11-9-20-22(10-11)14-6-8-19-16-12(14)5-7-18-16/h1-4,6,8-10H,5,7H2,(H,18,19). The van der Waals surface area contributed by atoms with Gasteiger partial charge in [-0.2, -0.15) is 5.10 Å². The number of pyridine rings is 1. The number of para-hydroxylation sites is 2. The number of hydrogen-bond donors (Lipinski definition) is 1. The SMILES string of the molecule is c1ccc2oc(-c3cnn(-c4ccnc5c4CCN5)c3)nc2c1. The van der Waals surface area contributed by atoms with E-state index in [1.54, 1.807) is 12.4 Å². The predicted octanol–water partition coefficient (Wildman–Crippen LogP) is 3.04. The summed E-state index contributed by atoms with van der Waals surface area (Å²) in [7, 11) is 0. The molecule has 6 nitrogen and oxygen atoms in total. The second-order valence-corrected chi connectivity index (χ2v) is 5.49. The number of nitrogens with zero attached hydrogens (tertiary/aromatic N) is 4. The molecule has 1 aromatic carbocycles. The minimum atomic E-state index is 0.585. The first-order valence-corrected chi connectivity index (χ1v) is 7.51. The number of oxazole rings is 1. The van der Waals surface area contributed by atoms with Crippen LogP contribution in [-0.4, -0.2) is 26.3 Å². The van der Waals surface area contributed by atoms with Gasteiger partial charge in [0.15, 0.2) is 5.58 Å². The Morgan fingerprint density at radius 2 is 2.13 bits per heavy atom. The molecule has 0 fully saturated rings. The van der Waals surface area contributed by atoms with Crippen molar-refractivity contribution in [2.24, 2.45) is 0 Å². The van der Waals surface area contributed by atoms with E-state index in [9.17, 15) is 0 Å². The Bertz CT molecular complexity index is 984. The number of anilines is 1. The van der Waals surface area contributed by atoms with Gasteiger partial charge in [-0.1, -0.05) is 12.1 Å². The van der Waals surface area contributed by atoms with E-state index in [0.29, 0.717) is 5.89 Å². The van der Waals surface area contributed by atoms with Gasteiger partial charge in [0, 0.05) is 24.5 Å². The van der Waals surface area contributed by atoms with Gasteiger partial charge < -0.3 is 9.73 Å². The van der Waals surface area contributed by atoms with Crippen LogP contribution >= 0.6 is 0 Å². The third-order valence-electron chi connectivity index (χ3n) is 4.07.